The summed E-state index contributed by atoms with van der Waals surface area (Å²) in [7, 11) is 0. The van der Waals surface area contributed by atoms with Gasteiger partial charge in [0, 0.05) is 12.5 Å². The molecule has 1 fully saturated rings. The van der Waals surface area contributed by atoms with Crippen LogP contribution in [-0.4, -0.2) is 40.9 Å². The topological polar surface area (TPSA) is 49.8 Å². The van der Waals surface area contributed by atoms with Crippen molar-refractivity contribution < 1.29 is 19.0 Å². The van der Waals surface area contributed by atoms with Gasteiger partial charge in [0.05, 0.1) is 12.6 Å². The highest BCUT2D eigenvalue weighted by molar-refractivity contribution is 5.68. The Balaban J connectivity index is 2.01. The number of hydrogen-bond acceptors (Lipinski definition) is 3. The molecule has 1 saturated heterocycles. The molecule has 0 aliphatic carbocycles. The van der Waals surface area contributed by atoms with Crippen molar-refractivity contribution in [3.63, 3.8) is 0 Å². The van der Waals surface area contributed by atoms with Crippen LogP contribution in [0.25, 0.3) is 0 Å². The number of carbonyl (C=O) groups is 1. The molecule has 116 valence electrons. The Hall–Kier alpha value is -1.62. The van der Waals surface area contributed by atoms with Gasteiger partial charge in [0.1, 0.15) is 11.4 Å². The molecule has 4 nitrogen and oxygen atoms in total. The van der Waals surface area contributed by atoms with Gasteiger partial charge in [0.2, 0.25) is 0 Å². The van der Waals surface area contributed by atoms with Crippen LogP contribution in [0.4, 0.5) is 9.18 Å². The lowest BCUT2D eigenvalue weighted by Gasteiger charge is -2.36. The number of amides is 1. The summed E-state index contributed by atoms with van der Waals surface area (Å²) >= 11 is 0. The number of ether oxygens (including phenoxy) is 1. The monoisotopic (exact) mass is 295 g/mol. The first-order valence-electron chi connectivity index (χ1n) is 7.18. The van der Waals surface area contributed by atoms with Crippen molar-refractivity contribution in [1.82, 2.24) is 4.90 Å². The largest absolute Gasteiger partial charge is 0.444 e. The second-order valence-corrected chi connectivity index (χ2v) is 6.44. The van der Waals surface area contributed by atoms with E-state index in [0.29, 0.717) is 13.0 Å². The molecule has 21 heavy (non-hydrogen) atoms. The molecule has 0 unspecified atom stereocenters. The molecule has 1 aliphatic rings. The molecule has 1 heterocycles. The highest BCUT2D eigenvalue weighted by Gasteiger charge is 2.33. The second kappa shape index (κ2) is 6.02. The molecule has 0 spiro atoms. The van der Waals surface area contributed by atoms with Gasteiger partial charge in [-0.05, 0) is 44.9 Å². The first kappa shape index (κ1) is 15.8. The fourth-order valence-electron chi connectivity index (χ4n) is 2.55. The summed E-state index contributed by atoms with van der Waals surface area (Å²) in [4.78, 5) is 13.5. The summed E-state index contributed by atoms with van der Waals surface area (Å²) in [6.45, 7) is 6.12. The lowest BCUT2D eigenvalue weighted by atomic mass is 9.87. The molecule has 2 atom stereocenters. The van der Waals surface area contributed by atoms with Gasteiger partial charge in [0.25, 0.3) is 0 Å². The molecule has 0 aromatic heterocycles. The number of piperidine rings is 1. The molecular formula is C16H22FNO3. The predicted octanol–water partition coefficient (Wildman–Crippen LogP) is 2.91. The number of likely N-dealkylation sites (tertiary alicyclic amines) is 1. The van der Waals surface area contributed by atoms with Gasteiger partial charge < -0.3 is 14.7 Å². The van der Waals surface area contributed by atoms with Crippen molar-refractivity contribution in [3.05, 3.63) is 35.6 Å². The van der Waals surface area contributed by atoms with Gasteiger partial charge in [-0.15, -0.1) is 0 Å². The Bertz CT molecular complexity index is 512. The van der Waals surface area contributed by atoms with Gasteiger partial charge in [-0.2, -0.15) is 0 Å². The Morgan fingerprint density at radius 2 is 2.14 bits per heavy atom. The average Bonchev–Trinajstić information content (AvgIpc) is 2.36. The second-order valence-electron chi connectivity index (χ2n) is 6.44. The fourth-order valence-corrected chi connectivity index (χ4v) is 2.55. The number of aliphatic hydroxyl groups excluding tert-OH is 1. The molecule has 0 saturated carbocycles. The number of halogens is 1. The molecule has 2 rings (SSSR count). The van der Waals surface area contributed by atoms with Gasteiger partial charge in [0.15, 0.2) is 0 Å². The first-order valence-corrected chi connectivity index (χ1v) is 7.18. The standard InChI is InChI=1S/C16H22FNO3/c1-16(2,3)21-15(20)18-8-7-13(14(19)10-18)11-5-4-6-12(17)9-11/h4-6,9,13-14,19H,7-8,10H2,1-3H3/t13-,14+/m0/s1. The lowest BCUT2D eigenvalue weighted by molar-refractivity contribution is -0.00154. The van der Waals surface area contributed by atoms with Crippen molar-refractivity contribution in [2.45, 2.75) is 44.8 Å². The molecule has 1 aromatic carbocycles. The van der Waals surface area contributed by atoms with Gasteiger partial charge in [-0.1, -0.05) is 12.1 Å². The molecule has 5 heteroatoms. The Labute approximate surface area is 124 Å². The maximum atomic E-state index is 13.3. The van der Waals surface area contributed by atoms with E-state index in [1.165, 1.54) is 17.0 Å². The third kappa shape index (κ3) is 4.17. The van der Waals surface area contributed by atoms with E-state index in [4.69, 9.17) is 4.74 Å². The normalized spacial score (nSPS) is 23.0. The Morgan fingerprint density at radius 1 is 1.43 bits per heavy atom. The minimum atomic E-state index is -0.715. The van der Waals surface area contributed by atoms with Crippen LogP contribution < -0.4 is 0 Å². The maximum Gasteiger partial charge on any atom is 0.410 e. The Morgan fingerprint density at radius 3 is 2.71 bits per heavy atom. The van der Waals surface area contributed by atoms with E-state index in [1.54, 1.807) is 32.9 Å². The van der Waals surface area contributed by atoms with Crippen LogP contribution in [0, 0.1) is 5.82 Å². The zero-order valence-corrected chi connectivity index (χ0v) is 12.7. The molecular weight excluding hydrogens is 273 g/mol. The van der Waals surface area contributed by atoms with Gasteiger partial charge in [-0.3, -0.25) is 0 Å². The molecule has 1 amide bonds. The number of nitrogens with zero attached hydrogens (tertiary/aromatic N) is 1. The third-order valence-corrected chi connectivity index (χ3v) is 3.51. The van der Waals surface area contributed by atoms with E-state index in [2.05, 4.69) is 0 Å². The Kier molecular flexibility index (Phi) is 4.52. The number of hydrogen-bond donors (Lipinski definition) is 1. The van der Waals surface area contributed by atoms with E-state index in [9.17, 15) is 14.3 Å². The fraction of sp³-hybridized carbons (Fsp3) is 0.562. The molecule has 1 N–H and O–H groups in total. The van der Waals surface area contributed by atoms with Gasteiger partial charge >= 0.3 is 6.09 Å². The summed E-state index contributed by atoms with van der Waals surface area (Å²) in [5.74, 6) is -0.464. The number of rotatable bonds is 1. The summed E-state index contributed by atoms with van der Waals surface area (Å²) in [6.07, 6.45) is -0.545. The van der Waals surface area contributed by atoms with Gasteiger partial charge in [-0.25, -0.2) is 9.18 Å². The van der Waals surface area contributed by atoms with Crippen LogP contribution in [-0.2, 0) is 4.74 Å². The van der Waals surface area contributed by atoms with Crippen LogP contribution in [0.3, 0.4) is 0 Å². The van der Waals surface area contributed by atoms with Crippen molar-refractivity contribution in [1.29, 1.82) is 0 Å². The van der Waals surface area contributed by atoms with E-state index >= 15 is 0 Å². The van der Waals surface area contributed by atoms with Crippen LogP contribution in [0.1, 0.15) is 38.7 Å². The van der Waals surface area contributed by atoms with Crippen molar-refractivity contribution in [2.24, 2.45) is 0 Å². The molecule has 1 aliphatic heterocycles. The van der Waals surface area contributed by atoms with E-state index in [1.807, 2.05) is 0 Å². The summed E-state index contributed by atoms with van der Waals surface area (Å²) < 4.78 is 18.6. The molecule has 0 bridgehead atoms. The lowest BCUT2D eigenvalue weighted by Crippen LogP contribution is -2.47. The van der Waals surface area contributed by atoms with Crippen molar-refractivity contribution in [2.75, 3.05) is 13.1 Å². The number of aliphatic hydroxyl groups is 1. The minimum absolute atomic E-state index is 0.153. The van der Waals surface area contributed by atoms with E-state index < -0.39 is 17.8 Å². The summed E-state index contributed by atoms with van der Waals surface area (Å²) in [5, 5.41) is 10.3. The third-order valence-electron chi connectivity index (χ3n) is 3.51. The molecule has 0 radical (unpaired) electrons. The molecule has 1 aromatic rings. The quantitative estimate of drug-likeness (QED) is 0.866. The summed E-state index contributed by atoms with van der Waals surface area (Å²) in [5.41, 5.74) is 0.216. The highest BCUT2D eigenvalue weighted by Crippen LogP contribution is 2.29. The van der Waals surface area contributed by atoms with Crippen LogP contribution >= 0.6 is 0 Å². The van der Waals surface area contributed by atoms with Crippen LogP contribution in [0.2, 0.25) is 0 Å². The minimum Gasteiger partial charge on any atom is -0.444 e. The SMILES string of the molecule is CC(C)(C)OC(=O)N1CC[C@@H](c2cccc(F)c2)[C@H](O)C1. The first-order chi connectivity index (χ1) is 9.76. The zero-order valence-electron chi connectivity index (χ0n) is 12.7. The summed E-state index contributed by atoms with van der Waals surface area (Å²) in [6, 6.07) is 6.26. The predicted molar refractivity (Wildman–Crippen MR) is 77.6 cm³/mol. The zero-order chi connectivity index (χ0) is 15.6. The number of benzene rings is 1. The average molecular weight is 295 g/mol. The van der Waals surface area contributed by atoms with Crippen LogP contribution in [0.5, 0.6) is 0 Å². The number of β-amino-alcohol motifs (C(OH)–C–C–N with tert-alkyl or cyclic N) is 1. The van der Waals surface area contributed by atoms with Crippen molar-refractivity contribution >= 4 is 6.09 Å². The van der Waals surface area contributed by atoms with E-state index in [0.717, 1.165) is 5.56 Å². The number of carbonyl (C=O) groups excluding carboxylic acids is 1. The van der Waals surface area contributed by atoms with Crippen LogP contribution in [0.15, 0.2) is 24.3 Å². The van der Waals surface area contributed by atoms with Crippen molar-refractivity contribution in [3.8, 4) is 0 Å². The van der Waals surface area contributed by atoms with E-state index in [-0.39, 0.29) is 18.3 Å². The maximum absolute atomic E-state index is 13.3. The smallest absolute Gasteiger partial charge is 0.410 e. The highest BCUT2D eigenvalue weighted by atomic mass is 19.1.